The summed E-state index contributed by atoms with van der Waals surface area (Å²) in [5.74, 6) is 0.898. The van der Waals surface area contributed by atoms with Gasteiger partial charge in [0, 0.05) is 30.6 Å². The zero-order valence-corrected chi connectivity index (χ0v) is 20.5. The Morgan fingerprint density at radius 2 is 1.84 bits per heavy atom. The molecule has 0 bridgehead atoms. The highest BCUT2D eigenvalue weighted by Crippen LogP contribution is 2.51. The molecular formula is C25H29N3O2S2. The molecule has 0 aromatic heterocycles. The molecule has 0 aliphatic carbocycles. The number of hydrogen-bond donors (Lipinski definition) is 0. The molecule has 0 spiro atoms. The Labute approximate surface area is 198 Å². The normalized spacial score (nSPS) is 19.2. The number of benzene rings is 2. The molecule has 2 aromatic carbocycles. The van der Waals surface area contributed by atoms with Crippen molar-refractivity contribution in [1.82, 2.24) is 4.90 Å². The average molecular weight is 468 g/mol. The van der Waals surface area contributed by atoms with Crippen LogP contribution in [-0.2, 0) is 11.2 Å². The molecule has 0 atom stereocenters. The van der Waals surface area contributed by atoms with E-state index in [2.05, 4.69) is 49.1 Å². The van der Waals surface area contributed by atoms with E-state index in [1.807, 2.05) is 23.1 Å². The summed E-state index contributed by atoms with van der Waals surface area (Å²) >= 11 is 3.19. The Hall–Kier alpha value is -2.38. The van der Waals surface area contributed by atoms with E-state index in [1.54, 1.807) is 18.9 Å². The van der Waals surface area contributed by atoms with E-state index < -0.39 is 0 Å². The summed E-state index contributed by atoms with van der Waals surface area (Å²) < 4.78 is 5.42. The predicted octanol–water partition coefficient (Wildman–Crippen LogP) is 5.77. The first-order valence-corrected chi connectivity index (χ1v) is 12.7. The lowest BCUT2D eigenvalue weighted by Gasteiger charge is -2.19. The smallest absolute Gasteiger partial charge is 0.269 e. The van der Waals surface area contributed by atoms with Gasteiger partial charge in [0.15, 0.2) is 5.17 Å². The number of unbranched alkanes of at least 4 members (excludes halogenated alkanes) is 1. The molecule has 2 heterocycles. The van der Waals surface area contributed by atoms with Crippen molar-refractivity contribution in [1.29, 1.82) is 0 Å². The number of carbonyl (C=O) groups is 1. The summed E-state index contributed by atoms with van der Waals surface area (Å²) in [6.45, 7) is 6.43. The lowest BCUT2D eigenvalue weighted by Crippen LogP contribution is -2.31. The fourth-order valence-electron chi connectivity index (χ4n) is 3.76. The Kier molecular flexibility index (Phi) is 7.48. The van der Waals surface area contributed by atoms with Crippen molar-refractivity contribution in [2.45, 2.75) is 38.0 Å². The number of thioether (sulfide) groups is 2. The Balaban J connectivity index is 1.61. The van der Waals surface area contributed by atoms with Crippen LogP contribution in [0, 0.1) is 0 Å². The van der Waals surface area contributed by atoms with Crippen LogP contribution in [0.15, 0.2) is 68.4 Å². The van der Waals surface area contributed by atoms with Gasteiger partial charge in [-0.3, -0.25) is 14.7 Å². The topological polar surface area (TPSA) is 45.1 Å². The van der Waals surface area contributed by atoms with E-state index in [-0.39, 0.29) is 5.91 Å². The van der Waals surface area contributed by atoms with Crippen LogP contribution in [-0.4, -0.2) is 42.7 Å². The van der Waals surface area contributed by atoms with Gasteiger partial charge >= 0.3 is 0 Å². The van der Waals surface area contributed by atoms with Crippen molar-refractivity contribution >= 4 is 40.3 Å². The minimum atomic E-state index is 0.0719. The molecule has 4 rings (SSSR count). The third-order valence-corrected chi connectivity index (χ3v) is 7.92. The average Bonchev–Trinajstić information content (AvgIpc) is 3.34. The highest BCUT2D eigenvalue weighted by molar-refractivity contribution is 8.19. The number of nitrogens with zero attached hydrogens (tertiary/aromatic N) is 3. The van der Waals surface area contributed by atoms with E-state index in [0.717, 1.165) is 57.2 Å². The molecule has 0 radical (unpaired) electrons. The van der Waals surface area contributed by atoms with Crippen LogP contribution >= 0.6 is 23.5 Å². The Morgan fingerprint density at radius 3 is 2.56 bits per heavy atom. The van der Waals surface area contributed by atoms with Crippen molar-refractivity contribution < 1.29 is 9.53 Å². The van der Waals surface area contributed by atoms with Crippen LogP contribution in [0.25, 0.3) is 0 Å². The number of hydrogen-bond acceptors (Lipinski definition) is 6. The van der Waals surface area contributed by atoms with Crippen LogP contribution in [0.4, 0.5) is 5.69 Å². The molecular weight excluding hydrogens is 438 g/mol. The fraction of sp³-hybridized carbons (Fsp3) is 0.360. The number of carbonyl (C=O) groups excluding carboxylic acids is 1. The molecule has 0 saturated carbocycles. The van der Waals surface area contributed by atoms with Crippen molar-refractivity contribution in [3.05, 3.63) is 64.0 Å². The zero-order valence-electron chi connectivity index (χ0n) is 18.8. The minimum absolute atomic E-state index is 0.0719. The van der Waals surface area contributed by atoms with Crippen LogP contribution < -0.4 is 9.64 Å². The maximum Gasteiger partial charge on any atom is 0.269 e. The van der Waals surface area contributed by atoms with Gasteiger partial charge in [-0.25, -0.2) is 0 Å². The summed E-state index contributed by atoms with van der Waals surface area (Å²) in [4.78, 5) is 24.4. The Morgan fingerprint density at radius 1 is 1.03 bits per heavy atom. The monoisotopic (exact) mass is 467 g/mol. The zero-order chi connectivity index (χ0) is 22.5. The minimum Gasteiger partial charge on any atom is -0.497 e. The quantitative estimate of drug-likeness (QED) is 0.461. The number of anilines is 1. The van der Waals surface area contributed by atoms with E-state index in [9.17, 15) is 4.79 Å². The summed E-state index contributed by atoms with van der Waals surface area (Å²) in [5, 5.41) is 1.83. The predicted molar refractivity (Wildman–Crippen MR) is 136 cm³/mol. The number of aliphatic imine (C=N–C) groups is 1. The van der Waals surface area contributed by atoms with Crippen LogP contribution in [0.5, 0.6) is 5.75 Å². The molecule has 0 N–H and O–H groups in total. The number of methoxy groups -OCH3 is 1. The van der Waals surface area contributed by atoms with Gasteiger partial charge in [-0.1, -0.05) is 55.4 Å². The highest BCUT2D eigenvalue weighted by Gasteiger charge is 2.39. The number of ether oxygens (including phenoxy) is 1. The molecule has 1 amide bonds. The third-order valence-electron chi connectivity index (χ3n) is 5.51. The molecule has 2 aromatic rings. The fourth-order valence-corrected chi connectivity index (χ4v) is 6.17. The second kappa shape index (κ2) is 10.5. The second-order valence-corrected chi connectivity index (χ2v) is 9.63. The summed E-state index contributed by atoms with van der Waals surface area (Å²) in [6.07, 6.45) is 2.88. The van der Waals surface area contributed by atoms with E-state index in [0.29, 0.717) is 13.1 Å². The summed E-state index contributed by atoms with van der Waals surface area (Å²) in [7, 11) is 1.68. The molecule has 1 saturated heterocycles. The van der Waals surface area contributed by atoms with Gasteiger partial charge in [0.05, 0.1) is 12.8 Å². The third kappa shape index (κ3) is 4.69. The molecule has 7 heteroatoms. The molecule has 1 fully saturated rings. The lowest BCUT2D eigenvalue weighted by molar-refractivity contribution is -0.122. The number of amides is 1. The Bertz CT molecular complexity index is 1040. The maximum atomic E-state index is 13.5. The molecule has 32 heavy (non-hydrogen) atoms. The number of fused-ring (bicyclic) bond motifs is 1. The standard InChI is InChI=1S/C25H29N3O2S2/c1-4-6-16-28-23(29)22(32-25(28)26-15-14-18-10-8-7-9-11-18)24-27(5-2)20-17-19(30-3)12-13-21(20)31-24/h7-13,17H,4-6,14-16H2,1-3H3. The molecule has 168 valence electrons. The molecule has 5 nitrogen and oxygen atoms in total. The maximum absolute atomic E-state index is 13.5. The van der Waals surface area contributed by atoms with Crippen molar-refractivity contribution in [2.24, 2.45) is 4.99 Å². The summed E-state index contributed by atoms with van der Waals surface area (Å²) in [6, 6.07) is 16.5. The van der Waals surface area contributed by atoms with Crippen LogP contribution in [0.3, 0.4) is 0 Å². The summed E-state index contributed by atoms with van der Waals surface area (Å²) in [5.41, 5.74) is 2.36. The van der Waals surface area contributed by atoms with Crippen molar-refractivity contribution in [3.8, 4) is 5.75 Å². The van der Waals surface area contributed by atoms with Crippen LogP contribution in [0.2, 0.25) is 0 Å². The molecule has 0 unspecified atom stereocenters. The SMILES string of the molecule is CCCCN1C(=O)C(=C2Sc3ccc(OC)cc3N2CC)SC1=NCCc1ccccc1. The van der Waals surface area contributed by atoms with Gasteiger partial charge in [0.25, 0.3) is 5.91 Å². The second-order valence-electron chi connectivity index (χ2n) is 7.63. The van der Waals surface area contributed by atoms with Gasteiger partial charge in [-0.15, -0.1) is 0 Å². The number of amidine groups is 1. The molecule has 2 aliphatic heterocycles. The first-order chi connectivity index (χ1) is 15.7. The van der Waals surface area contributed by atoms with E-state index in [1.165, 1.54) is 17.3 Å². The first-order valence-electron chi connectivity index (χ1n) is 11.1. The van der Waals surface area contributed by atoms with Gasteiger partial charge < -0.3 is 9.64 Å². The highest BCUT2D eigenvalue weighted by atomic mass is 32.2. The van der Waals surface area contributed by atoms with Crippen molar-refractivity contribution in [2.75, 3.05) is 31.6 Å². The van der Waals surface area contributed by atoms with Crippen molar-refractivity contribution in [3.63, 3.8) is 0 Å². The van der Waals surface area contributed by atoms with Gasteiger partial charge in [-0.2, -0.15) is 0 Å². The van der Waals surface area contributed by atoms with E-state index in [4.69, 9.17) is 9.73 Å². The number of rotatable bonds is 8. The van der Waals surface area contributed by atoms with Crippen LogP contribution in [0.1, 0.15) is 32.3 Å². The van der Waals surface area contributed by atoms with E-state index >= 15 is 0 Å². The van der Waals surface area contributed by atoms with Gasteiger partial charge in [-0.05, 0) is 49.2 Å². The van der Waals surface area contributed by atoms with Gasteiger partial charge in [0.2, 0.25) is 0 Å². The molecule has 2 aliphatic rings. The lowest BCUT2D eigenvalue weighted by atomic mass is 10.2. The first kappa shape index (κ1) is 22.8. The largest absolute Gasteiger partial charge is 0.497 e. The van der Waals surface area contributed by atoms with Gasteiger partial charge in [0.1, 0.15) is 15.7 Å².